The first kappa shape index (κ1) is 16.4. The molecule has 0 saturated heterocycles. The van der Waals surface area contributed by atoms with Crippen LogP contribution in [0.1, 0.15) is 13.8 Å². The molecule has 1 rings (SSSR count). The smallest absolute Gasteiger partial charge is 0.224 e. The molecule has 0 aliphatic rings. The lowest BCUT2D eigenvalue weighted by Crippen LogP contribution is -2.30. The number of hydrogen-bond acceptors (Lipinski definition) is 4. The van der Waals surface area contributed by atoms with E-state index in [1.54, 1.807) is 13.8 Å². The predicted octanol–water partition coefficient (Wildman–Crippen LogP) is 1.77. The van der Waals surface area contributed by atoms with Crippen molar-refractivity contribution in [1.29, 1.82) is 0 Å². The third-order valence-electron chi connectivity index (χ3n) is 2.65. The van der Waals surface area contributed by atoms with E-state index < -0.39 is 19.9 Å². The molecule has 0 aliphatic carbocycles. The number of halogens is 1. The molecule has 0 atom stereocenters. The van der Waals surface area contributed by atoms with Gasteiger partial charge in [-0.3, -0.25) is 0 Å². The predicted molar refractivity (Wildman–Crippen MR) is 74.7 cm³/mol. The van der Waals surface area contributed by atoms with Crippen LogP contribution >= 0.6 is 11.6 Å². The number of nitrogens with zero attached hydrogens (tertiary/aromatic N) is 1. The minimum absolute atomic E-state index is 0.0132. The van der Waals surface area contributed by atoms with Gasteiger partial charge in [0.25, 0.3) is 0 Å². The third-order valence-corrected chi connectivity index (χ3v) is 6.30. The van der Waals surface area contributed by atoms with E-state index in [0.717, 1.165) is 12.3 Å². The van der Waals surface area contributed by atoms with Crippen LogP contribution in [0, 0.1) is 0 Å². The summed E-state index contributed by atoms with van der Waals surface area (Å²) in [6, 6.07) is 3.68. The monoisotopic (exact) mass is 325 g/mol. The Morgan fingerprint density at radius 3 is 2.05 bits per heavy atom. The second-order valence-corrected chi connectivity index (χ2v) is 8.28. The summed E-state index contributed by atoms with van der Waals surface area (Å²) in [7, 11) is -7.26. The van der Waals surface area contributed by atoms with Gasteiger partial charge in [-0.05, 0) is 18.2 Å². The molecule has 0 N–H and O–H groups in total. The van der Waals surface area contributed by atoms with E-state index in [-0.39, 0.29) is 27.9 Å². The zero-order chi connectivity index (χ0) is 14.8. The summed E-state index contributed by atoms with van der Waals surface area (Å²) in [5.41, 5.74) is 0. The highest BCUT2D eigenvalue weighted by Gasteiger charge is 2.25. The van der Waals surface area contributed by atoms with Crippen LogP contribution in [-0.2, 0) is 19.9 Å². The molecule has 5 nitrogen and oxygen atoms in total. The summed E-state index contributed by atoms with van der Waals surface area (Å²) in [4.78, 5) is -0.247. The van der Waals surface area contributed by atoms with E-state index in [1.807, 2.05) is 0 Å². The van der Waals surface area contributed by atoms with Crippen molar-refractivity contribution in [3.05, 3.63) is 23.2 Å². The molecule has 0 fully saturated rings. The highest BCUT2D eigenvalue weighted by atomic mass is 35.5. The van der Waals surface area contributed by atoms with Crippen LogP contribution in [0.5, 0.6) is 0 Å². The van der Waals surface area contributed by atoms with Gasteiger partial charge in [-0.25, -0.2) is 16.8 Å². The summed E-state index contributed by atoms with van der Waals surface area (Å²) in [5, 5.41) is 0.0132. The summed E-state index contributed by atoms with van der Waals surface area (Å²) in [6.07, 6.45) is 1.02. The number of rotatable bonds is 5. The van der Waals surface area contributed by atoms with Crippen LogP contribution in [-0.4, -0.2) is 40.5 Å². The second-order valence-electron chi connectivity index (χ2n) is 3.95. The molecule has 1 aromatic rings. The van der Waals surface area contributed by atoms with Crippen molar-refractivity contribution in [2.45, 2.75) is 23.6 Å². The van der Waals surface area contributed by atoms with E-state index in [2.05, 4.69) is 0 Å². The van der Waals surface area contributed by atoms with E-state index in [1.165, 1.54) is 16.4 Å². The summed E-state index contributed by atoms with van der Waals surface area (Å²) in [6.45, 7) is 3.99. The molecule has 0 aromatic heterocycles. The number of sulfone groups is 1. The van der Waals surface area contributed by atoms with Crippen LogP contribution in [0.2, 0.25) is 5.02 Å². The first-order chi connectivity index (χ1) is 8.64. The fraction of sp³-hybridized carbons (Fsp3) is 0.455. The van der Waals surface area contributed by atoms with Gasteiger partial charge in [0, 0.05) is 19.3 Å². The Hall–Kier alpha value is -0.630. The maximum Gasteiger partial charge on any atom is 0.244 e. The molecule has 0 heterocycles. The van der Waals surface area contributed by atoms with Gasteiger partial charge < -0.3 is 0 Å². The van der Waals surface area contributed by atoms with Crippen molar-refractivity contribution in [2.24, 2.45) is 0 Å². The van der Waals surface area contributed by atoms with Gasteiger partial charge in [-0.1, -0.05) is 25.4 Å². The molecule has 0 aliphatic heterocycles. The molecule has 8 heteroatoms. The Labute approximate surface area is 119 Å². The van der Waals surface area contributed by atoms with Gasteiger partial charge >= 0.3 is 0 Å². The maximum atomic E-state index is 12.3. The van der Waals surface area contributed by atoms with Crippen molar-refractivity contribution < 1.29 is 16.8 Å². The Morgan fingerprint density at radius 2 is 1.63 bits per heavy atom. The van der Waals surface area contributed by atoms with E-state index in [4.69, 9.17) is 11.6 Å². The van der Waals surface area contributed by atoms with Crippen molar-refractivity contribution in [1.82, 2.24) is 4.31 Å². The zero-order valence-electron chi connectivity index (χ0n) is 10.9. The Balaban J connectivity index is 3.51. The summed E-state index contributed by atoms with van der Waals surface area (Å²) < 4.78 is 48.9. The molecule has 108 valence electrons. The number of sulfonamides is 1. The van der Waals surface area contributed by atoms with Gasteiger partial charge in [0.2, 0.25) is 10.0 Å². The fourth-order valence-electron chi connectivity index (χ4n) is 1.61. The van der Waals surface area contributed by atoms with Gasteiger partial charge in [-0.15, -0.1) is 0 Å². The summed E-state index contributed by atoms with van der Waals surface area (Å²) >= 11 is 5.89. The second kappa shape index (κ2) is 5.78. The molecule has 0 unspecified atom stereocenters. The molecule has 0 bridgehead atoms. The quantitative estimate of drug-likeness (QED) is 0.827. The van der Waals surface area contributed by atoms with Crippen LogP contribution in [0.4, 0.5) is 0 Å². The van der Waals surface area contributed by atoms with Crippen molar-refractivity contribution in [2.75, 3.05) is 19.3 Å². The molecule has 19 heavy (non-hydrogen) atoms. The standard InChI is InChI=1S/C11H16ClNO4S2/c1-4-13(5-2)19(16,17)11-8-9(18(3,14)15)6-7-10(11)12/h6-8H,4-5H2,1-3H3. The fourth-order valence-corrected chi connectivity index (χ4v) is 4.29. The number of benzene rings is 1. The SMILES string of the molecule is CCN(CC)S(=O)(=O)c1cc(S(C)(=O)=O)ccc1Cl. The van der Waals surface area contributed by atoms with E-state index >= 15 is 0 Å². The lowest BCUT2D eigenvalue weighted by Gasteiger charge is -2.19. The largest absolute Gasteiger partial charge is 0.244 e. The van der Waals surface area contributed by atoms with Crippen LogP contribution in [0.25, 0.3) is 0 Å². The normalized spacial score (nSPS) is 12.9. The molecular formula is C11H16ClNO4S2. The van der Waals surface area contributed by atoms with Crippen LogP contribution in [0.15, 0.2) is 28.0 Å². The third kappa shape index (κ3) is 3.47. The molecular weight excluding hydrogens is 310 g/mol. The van der Waals surface area contributed by atoms with Crippen LogP contribution < -0.4 is 0 Å². The molecule has 0 radical (unpaired) electrons. The van der Waals surface area contributed by atoms with Crippen LogP contribution in [0.3, 0.4) is 0 Å². The Kier molecular flexibility index (Phi) is 5.00. The minimum atomic E-state index is -3.78. The Bertz CT molecular complexity index is 664. The molecule has 1 aromatic carbocycles. The maximum absolute atomic E-state index is 12.3. The molecule has 0 amide bonds. The van der Waals surface area contributed by atoms with Crippen molar-refractivity contribution in [3.63, 3.8) is 0 Å². The van der Waals surface area contributed by atoms with Crippen molar-refractivity contribution >= 4 is 31.5 Å². The van der Waals surface area contributed by atoms with Gasteiger partial charge in [-0.2, -0.15) is 4.31 Å². The highest BCUT2D eigenvalue weighted by Crippen LogP contribution is 2.27. The van der Waals surface area contributed by atoms with E-state index in [9.17, 15) is 16.8 Å². The first-order valence-corrected chi connectivity index (χ1v) is 9.35. The summed E-state index contributed by atoms with van der Waals surface area (Å²) in [5.74, 6) is 0. The molecule has 0 spiro atoms. The number of hydrogen-bond donors (Lipinski definition) is 0. The average molecular weight is 326 g/mol. The van der Waals surface area contributed by atoms with Crippen molar-refractivity contribution in [3.8, 4) is 0 Å². The van der Waals surface area contributed by atoms with E-state index in [0.29, 0.717) is 0 Å². The average Bonchev–Trinajstić information content (AvgIpc) is 2.28. The Morgan fingerprint density at radius 1 is 1.11 bits per heavy atom. The van der Waals surface area contributed by atoms with Gasteiger partial charge in [0.1, 0.15) is 4.90 Å². The lowest BCUT2D eigenvalue weighted by atomic mass is 10.4. The lowest BCUT2D eigenvalue weighted by molar-refractivity contribution is 0.445. The van der Waals surface area contributed by atoms with Gasteiger partial charge in [0.15, 0.2) is 9.84 Å². The molecule has 0 saturated carbocycles. The van der Waals surface area contributed by atoms with Gasteiger partial charge in [0.05, 0.1) is 9.92 Å². The zero-order valence-corrected chi connectivity index (χ0v) is 13.3. The minimum Gasteiger partial charge on any atom is -0.224 e. The first-order valence-electron chi connectivity index (χ1n) is 5.64. The topological polar surface area (TPSA) is 71.5 Å². The highest BCUT2D eigenvalue weighted by molar-refractivity contribution is 7.91.